The Morgan fingerprint density at radius 2 is 1.95 bits per heavy atom. The second kappa shape index (κ2) is 6.09. The predicted molar refractivity (Wildman–Crippen MR) is 90.3 cm³/mol. The maximum atomic E-state index is 4.44. The lowest BCUT2D eigenvalue weighted by atomic mass is 9.94. The van der Waals surface area contributed by atoms with Crippen LogP contribution in [0.5, 0.6) is 0 Å². The Morgan fingerprint density at radius 1 is 1.05 bits per heavy atom. The van der Waals surface area contributed by atoms with Gasteiger partial charge in [-0.05, 0) is 36.6 Å². The van der Waals surface area contributed by atoms with Gasteiger partial charge in [0.05, 0.1) is 0 Å². The average molecular weight is 293 g/mol. The molecule has 114 valence electrons. The number of piperazine rings is 1. The van der Waals surface area contributed by atoms with Crippen molar-refractivity contribution in [2.75, 3.05) is 31.1 Å². The van der Waals surface area contributed by atoms with Gasteiger partial charge in [0.2, 0.25) is 0 Å². The summed E-state index contributed by atoms with van der Waals surface area (Å²) >= 11 is 0. The largest absolute Gasteiger partial charge is 0.366 e. The highest BCUT2D eigenvalue weighted by Gasteiger charge is 2.31. The zero-order chi connectivity index (χ0) is 14.8. The number of rotatable bonds is 3. The number of aryl methyl sites for hydroxylation is 1. The van der Waals surface area contributed by atoms with E-state index in [1.807, 2.05) is 12.3 Å². The smallest absolute Gasteiger partial charge is 0.0420 e. The van der Waals surface area contributed by atoms with Crippen LogP contribution in [-0.4, -0.2) is 42.1 Å². The minimum atomic E-state index is 0.687. The van der Waals surface area contributed by atoms with Crippen LogP contribution in [0.3, 0.4) is 0 Å². The van der Waals surface area contributed by atoms with Crippen LogP contribution in [0.25, 0.3) is 0 Å². The molecule has 1 atom stereocenters. The molecule has 0 aliphatic carbocycles. The first-order valence-corrected chi connectivity index (χ1v) is 8.37. The van der Waals surface area contributed by atoms with Crippen molar-refractivity contribution < 1.29 is 0 Å². The number of pyridine rings is 1. The Morgan fingerprint density at radius 3 is 2.86 bits per heavy atom. The van der Waals surface area contributed by atoms with E-state index in [-0.39, 0.29) is 0 Å². The normalized spacial score (nSPS) is 21.3. The van der Waals surface area contributed by atoms with Crippen molar-refractivity contribution in [2.45, 2.75) is 25.3 Å². The van der Waals surface area contributed by atoms with Gasteiger partial charge in [-0.2, -0.15) is 0 Å². The molecule has 1 aromatic heterocycles. The molecule has 0 saturated carbocycles. The summed E-state index contributed by atoms with van der Waals surface area (Å²) in [6.07, 6.45) is 5.47. The number of aromatic nitrogens is 1. The van der Waals surface area contributed by atoms with Crippen molar-refractivity contribution in [2.24, 2.45) is 0 Å². The molecule has 4 rings (SSSR count). The lowest BCUT2D eigenvalue weighted by Gasteiger charge is -2.46. The molecule has 3 nitrogen and oxygen atoms in total. The third kappa shape index (κ3) is 2.73. The second-order valence-electron chi connectivity index (χ2n) is 6.39. The summed E-state index contributed by atoms with van der Waals surface area (Å²) in [7, 11) is 0. The molecule has 0 radical (unpaired) electrons. The highest BCUT2D eigenvalue weighted by Crippen LogP contribution is 2.32. The second-order valence-corrected chi connectivity index (χ2v) is 6.39. The number of nitrogens with zero attached hydrogens (tertiary/aromatic N) is 3. The summed E-state index contributed by atoms with van der Waals surface area (Å²) in [6.45, 7) is 4.64. The SMILES string of the molecule is c1ccc(CCN2CCN3c4ccccc4CC[C@H]3C2)nc1. The fourth-order valence-corrected chi connectivity index (χ4v) is 3.83. The van der Waals surface area contributed by atoms with Crippen LogP contribution < -0.4 is 4.90 Å². The van der Waals surface area contributed by atoms with Gasteiger partial charge in [-0.1, -0.05) is 24.3 Å². The number of hydrogen-bond donors (Lipinski definition) is 0. The Balaban J connectivity index is 1.39. The van der Waals surface area contributed by atoms with E-state index in [9.17, 15) is 0 Å². The van der Waals surface area contributed by atoms with E-state index in [1.165, 1.54) is 36.3 Å². The molecule has 0 bridgehead atoms. The molecular formula is C19H23N3. The highest BCUT2D eigenvalue weighted by molar-refractivity contribution is 5.57. The molecule has 1 saturated heterocycles. The van der Waals surface area contributed by atoms with Gasteiger partial charge in [0.1, 0.15) is 0 Å². The van der Waals surface area contributed by atoms with Crippen molar-refractivity contribution in [3.05, 3.63) is 59.9 Å². The standard InChI is InChI=1S/C19H23N3/c1-2-7-19-16(5-1)8-9-18-15-21(13-14-22(18)19)12-10-17-6-3-4-11-20-17/h1-7,11,18H,8-10,12-15H2/t18-/m0/s1. The lowest BCUT2D eigenvalue weighted by molar-refractivity contribution is 0.216. The van der Waals surface area contributed by atoms with Crippen LogP contribution in [0, 0.1) is 0 Å². The van der Waals surface area contributed by atoms with E-state index in [2.05, 4.69) is 51.2 Å². The van der Waals surface area contributed by atoms with E-state index in [0.717, 1.165) is 26.1 Å². The van der Waals surface area contributed by atoms with E-state index in [4.69, 9.17) is 0 Å². The number of hydrogen-bond acceptors (Lipinski definition) is 3. The van der Waals surface area contributed by atoms with Crippen LogP contribution in [0.4, 0.5) is 5.69 Å². The third-order valence-electron chi connectivity index (χ3n) is 5.03. The number of para-hydroxylation sites is 1. The minimum absolute atomic E-state index is 0.687. The van der Waals surface area contributed by atoms with E-state index < -0.39 is 0 Å². The molecule has 1 fully saturated rings. The van der Waals surface area contributed by atoms with Gasteiger partial charge in [0.15, 0.2) is 0 Å². The van der Waals surface area contributed by atoms with Gasteiger partial charge < -0.3 is 4.90 Å². The predicted octanol–water partition coefficient (Wildman–Crippen LogP) is 2.76. The van der Waals surface area contributed by atoms with E-state index >= 15 is 0 Å². The third-order valence-corrected chi connectivity index (χ3v) is 5.03. The lowest BCUT2D eigenvalue weighted by Crippen LogP contribution is -2.55. The van der Waals surface area contributed by atoms with E-state index in [0.29, 0.717) is 6.04 Å². The Bertz CT molecular complexity index is 626. The first kappa shape index (κ1) is 13.8. The van der Waals surface area contributed by atoms with Crippen LogP contribution in [0.15, 0.2) is 48.7 Å². The molecule has 0 unspecified atom stereocenters. The summed E-state index contributed by atoms with van der Waals surface area (Å²) in [5.41, 5.74) is 4.21. The average Bonchev–Trinajstić information content (AvgIpc) is 2.60. The summed E-state index contributed by atoms with van der Waals surface area (Å²) in [5, 5.41) is 0. The summed E-state index contributed by atoms with van der Waals surface area (Å²) in [6, 6.07) is 15.8. The molecule has 3 heterocycles. The molecule has 2 aliphatic rings. The fourth-order valence-electron chi connectivity index (χ4n) is 3.83. The zero-order valence-electron chi connectivity index (χ0n) is 13.0. The first-order chi connectivity index (χ1) is 10.9. The maximum absolute atomic E-state index is 4.44. The molecular weight excluding hydrogens is 270 g/mol. The Labute approximate surface area is 132 Å². The number of fused-ring (bicyclic) bond motifs is 3. The van der Waals surface area contributed by atoms with Crippen molar-refractivity contribution in [3.8, 4) is 0 Å². The molecule has 1 aromatic carbocycles. The topological polar surface area (TPSA) is 19.4 Å². The minimum Gasteiger partial charge on any atom is -0.366 e. The fraction of sp³-hybridized carbons (Fsp3) is 0.421. The molecule has 2 aromatic rings. The molecule has 22 heavy (non-hydrogen) atoms. The van der Waals surface area contributed by atoms with Crippen LogP contribution in [0.2, 0.25) is 0 Å². The number of benzene rings is 1. The van der Waals surface area contributed by atoms with Crippen LogP contribution in [0.1, 0.15) is 17.7 Å². The van der Waals surface area contributed by atoms with Crippen molar-refractivity contribution in [3.63, 3.8) is 0 Å². The van der Waals surface area contributed by atoms with E-state index in [1.54, 1.807) is 0 Å². The van der Waals surface area contributed by atoms with Gasteiger partial charge in [0, 0.05) is 56.2 Å². The molecule has 0 spiro atoms. The van der Waals surface area contributed by atoms with Crippen molar-refractivity contribution in [1.82, 2.24) is 9.88 Å². The van der Waals surface area contributed by atoms with Gasteiger partial charge >= 0.3 is 0 Å². The van der Waals surface area contributed by atoms with Gasteiger partial charge in [0.25, 0.3) is 0 Å². The van der Waals surface area contributed by atoms with Gasteiger partial charge in [-0.25, -0.2) is 0 Å². The summed E-state index contributed by atoms with van der Waals surface area (Å²) in [5.74, 6) is 0. The molecule has 2 aliphatic heterocycles. The van der Waals surface area contributed by atoms with Crippen LogP contribution >= 0.6 is 0 Å². The molecule has 0 amide bonds. The Hall–Kier alpha value is -1.87. The number of anilines is 1. The van der Waals surface area contributed by atoms with Gasteiger partial charge in [-0.3, -0.25) is 9.88 Å². The maximum Gasteiger partial charge on any atom is 0.0420 e. The molecule has 3 heteroatoms. The monoisotopic (exact) mass is 293 g/mol. The first-order valence-electron chi connectivity index (χ1n) is 8.37. The zero-order valence-corrected chi connectivity index (χ0v) is 13.0. The van der Waals surface area contributed by atoms with Crippen molar-refractivity contribution >= 4 is 5.69 Å². The highest BCUT2D eigenvalue weighted by atomic mass is 15.3. The quantitative estimate of drug-likeness (QED) is 0.867. The van der Waals surface area contributed by atoms with Crippen molar-refractivity contribution in [1.29, 1.82) is 0 Å². The summed E-state index contributed by atoms with van der Waals surface area (Å²) in [4.78, 5) is 9.69. The van der Waals surface area contributed by atoms with Crippen LogP contribution in [-0.2, 0) is 12.8 Å². The summed E-state index contributed by atoms with van der Waals surface area (Å²) < 4.78 is 0. The molecule has 0 N–H and O–H groups in total. The van der Waals surface area contributed by atoms with Gasteiger partial charge in [-0.15, -0.1) is 0 Å². The Kier molecular flexibility index (Phi) is 3.81.